The van der Waals surface area contributed by atoms with Crippen molar-refractivity contribution >= 4 is 37.5 Å². The fourth-order valence-electron chi connectivity index (χ4n) is 1.49. The van der Waals surface area contributed by atoms with Crippen molar-refractivity contribution in [3.63, 3.8) is 0 Å². The first-order chi connectivity index (χ1) is 9.27. The van der Waals surface area contributed by atoms with E-state index in [1.54, 1.807) is 0 Å². The van der Waals surface area contributed by atoms with E-state index in [1.807, 2.05) is 6.92 Å². The molecule has 6 nitrogen and oxygen atoms in total. The van der Waals surface area contributed by atoms with Gasteiger partial charge >= 0.3 is 0 Å². The molecule has 0 radical (unpaired) electrons. The number of nitrogen functional groups attached to an aromatic ring is 1. The molecule has 8 heteroatoms. The summed E-state index contributed by atoms with van der Waals surface area (Å²) in [5.74, 6) is -0.359. The molecule has 1 unspecified atom stereocenters. The van der Waals surface area contributed by atoms with E-state index in [0.29, 0.717) is 16.7 Å². The molecule has 0 bridgehead atoms. The number of sulfonamides is 1. The Kier molecular flexibility index (Phi) is 5.97. The van der Waals surface area contributed by atoms with Crippen LogP contribution >= 0.6 is 15.9 Å². The maximum Gasteiger partial charge on any atom is 0.242 e. The SMILES string of the molecule is CCCNC(=O)C(C)NS(=O)(=O)c1ccc(N)cc1Br. The molecule has 0 aliphatic carbocycles. The van der Waals surface area contributed by atoms with Gasteiger partial charge in [-0.2, -0.15) is 4.72 Å². The molecule has 1 amide bonds. The van der Waals surface area contributed by atoms with Crippen molar-refractivity contribution in [1.82, 2.24) is 10.0 Å². The normalized spacial score (nSPS) is 12.9. The highest BCUT2D eigenvalue weighted by molar-refractivity contribution is 9.10. The zero-order valence-corrected chi connectivity index (χ0v) is 13.7. The van der Waals surface area contributed by atoms with Gasteiger partial charge in [0.15, 0.2) is 0 Å². The van der Waals surface area contributed by atoms with Gasteiger partial charge in [0.05, 0.1) is 10.9 Å². The molecular formula is C12H18BrN3O3S. The molecule has 0 fully saturated rings. The van der Waals surface area contributed by atoms with E-state index >= 15 is 0 Å². The monoisotopic (exact) mass is 363 g/mol. The number of rotatable bonds is 6. The van der Waals surface area contributed by atoms with E-state index in [0.717, 1.165) is 6.42 Å². The van der Waals surface area contributed by atoms with Crippen LogP contribution in [-0.4, -0.2) is 26.9 Å². The minimum atomic E-state index is -3.79. The Bertz CT molecular complexity index is 590. The Balaban J connectivity index is 2.87. The zero-order valence-electron chi connectivity index (χ0n) is 11.3. The Morgan fingerprint density at radius 3 is 2.65 bits per heavy atom. The predicted molar refractivity (Wildman–Crippen MR) is 81.6 cm³/mol. The zero-order chi connectivity index (χ0) is 15.3. The van der Waals surface area contributed by atoms with Gasteiger partial charge in [-0.15, -0.1) is 0 Å². The molecule has 1 atom stereocenters. The molecule has 0 saturated carbocycles. The summed E-state index contributed by atoms with van der Waals surface area (Å²) < 4.78 is 27.1. The molecule has 0 aliphatic heterocycles. The number of carbonyl (C=O) groups is 1. The minimum Gasteiger partial charge on any atom is -0.399 e. The summed E-state index contributed by atoms with van der Waals surface area (Å²) in [5, 5.41) is 2.63. The fourth-order valence-corrected chi connectivity index (χ4v) is 3.78. The number of anilines is 1. The van der Waals surface area contributed by atoms with E-state index in [-0.39, 0.29) is 10.8 Å². The maximum atomic E-state index is 12.2. The van der Waals surface area contributed by atoms with Crippen LogP contribution in [0, 0.1) is 0 Å². The third-order valence-electron chi connectivity index (χ3n) is 2.52. The molecule has 0 heterocycles. The number of nitrogens with two attached hydrogens (primary N) is 1. The van der Waals surface area contributed by atoms with Crippen molar-refractivity contribution in [1.29, 1.82) is 0 Å². The molecule has 4 N–H and O–H groups in total. The molecule has 0 spiro atoms. The highest BCUT2D eigenvalue weighted by atomic mass is 79.9. The Morgan fingerprint density at radius 1 is 1.45 bits per heavy atom. The van der Waals surface area contributed by atoms with Gasteiger partial charge in [0.1, 0.15) is 0 Å². The number of amides is 1. The van der Waals surface area contributed by atoms with Crippen LogP contribution < -0.4 is 15.8 Å². The first kappa shape index (κ1) is 16.9. The average molecular weight is 364 g/mol. The van der Waals surface area contributed by atoms with Crippen LogP contribution in [0.5, 0.6) is 0 Å². The lowest BCUT2D eigenvalue weighted by atomic mass is 10.3. The van der Waals surface area contributed by atoms with Gasteiger partial charge in [-0.3, -0.25) is 4.79 Å². The minimum absolute atomic E-state index is 0.0434. The summed E-state index contributed by atoms with van der Waals surface area (Å²) >= 11 is 3.15. The predicted octanol–water partition coefficient (Wildman–Crippen LogP) is 1.22. The van der Waals surface area contributed by atoms with Gasteiger partial charge in [-0.05, 0) is 47.5 Å². The summed E-state index contributed by atoms with van der Waals surface area (Å²) in [5.41, 5.74) is 6.01. The number of hydrogen-bond acceptors (Lipinski definition) is 4. The second-order valence-electron chi connectivity index (χ2n) is 4.32. The number of hydrogen-bond donors (Lipinski definition) is 3. The van der Waals surface area contributed by atoms with Gasteiger partial charge in [-0.25, -0.2) is 8.42 Å². The summed E-state index contributed by atoms with van der Waals surface area (Å²) in [6.07, 6.45) is 0.786. The van der Waals surface area contributed by atoms with Crippen LogP contribution in [0.2, 0.25) is 0 Å². The van der Waals surface area contributed by atoms with Gasteiger partial charge in [0.2, 0.25) is 15.9 Å². The number of nitrogens with one attached hydrogen (secondary N) is 2. The van der Waals surface area contributed by atoms with Crippen LogP contribution in [0.3, 0.4) is 0 Å². The van der Waals surface area contributed by atoms with Crippen molar-refractivity contribution in [2.45, 2.75) is 31.2 Å². The van der Waals surface area contributed by atoms with Crippen molar-refractivity contribution in [2.75, 3.05) is 12.3 Å². The molecule has 112 valence electrons. The maximum absolute atomic E-state index is 12.2. The Hall–Kier alpha value is -1.12. The number of halogens is 1. The molecular weight excluding hydrogens is 346 g/mol. The van der Waals surface area contributed by atoms with E-state index in [2.05, 4.69) is 26.0 Å². The molecule has 20 heavy (non-hydrogen) atoms. The Labute approximate surface area is 127 Å². The standard InChI is InChI=1S/C12H18BrN3O3S/c1-3-6-15-12(17)8(2)16-20(18,19)11-5-4-9(14)7-10(11)13/h4-5,7-8,16H,3,6,14H2,1-2H3,(H,15,17). The van der Waals surface area contributed by atoms with Gasteiger partial charge in [0, 0.05) is 16.7 Å². The van der Waals surface area contributed by atoms with Crippen molar-refractivity contribution in [3.8, 4) is 0 Å². The lowest BCUT2D eigenvalue weighted by Crippen LogP contribution is -2.44. The molecule has 1 rings (SSSR count). The largest absolute Gasteiger partial charge is 0.399 e. The number of carbonyl (C=O) groups excluding carboxylic acids is 1. The summed E-state index contributed by atoms with van der Waals surface area (Å²) in [6, 6.07) is 3.52. The first-order valence-corrected chi connectivity index (χ1v) is 8.40. The van der Waals surface area contributed by atoms with Crippen molar-refractivity contribution in [3.05, 3.63) is 22.7 Å². The molecule has 1 aromatic carbocycles. The third kappa shape index (κ3) is 4.46. The van der Waals surface area contributed by atoms with E-state index < -0.39 is 16.1 Å². The summed E-state index contributed by atoms with van der Waals surface area (Å²) in [7, 11) is -3.79. The molecule has 0 saturated heterocycles. The number of benzene rings is 1. The van der Waals surface area contributed by atoms with Crippen LogP contribution in [-0.2, 0) is 14.8 Å². The molecule has 0 aliphatic rings. The van der Waals surface area contributed by atoms with Crippen molar-refractivity contribution in [2.24, 2.45) is 0 Å². The highest BCUT2D eigenvalue weighted by Crippen LogP contribution is 2.24. The molecule has 1 aromatic rings. The summed E-state index contributed by atoms with van der Waals surface area (Å²) in [4.78, 5) is 11.7. The fraction of sp³-hybridized carbons (Fsp3) is 0.417. The smallest absolute Gasteiger partial charge is 0.242 e. The van der Waals surface area contributed by atoms with Crippen LogP contribution in [0.25, 0.3) is 0 Å². The lowest BCUT2D eigenvalue weighted by Gasteiger charge is -2.15. The highest BCUT2D eigenvalue weighted by Gasteiger charge is 2.23. The van der Waals surface area contributed by atoms with Crippen LogP contribution in [0.1, 0.15) is 20.3 Å². The van der Waals surface area contributed by atoms with E-state index in [9.17, 15) is 13.2 Å². The average Bonchev–Trinajstić information content (AvgIpc) is 2.34. The van der Waals surface area contributed by atoms with Gasteiger partial charge in [0.25, 0.3) is 0 Å². The first-order valence-electron chi connectivity index (χ1n) is 6.13. The van der Waals surface area contributed by atoms with Crippen LogP contribution in [0.15, 0.2) is 27.6 Å². The van der Waals surface area contributed by atoms with Gasteiger partial charge < -0.3 is 11.1 Å². The Morgan fingerprint density at radius 2 is 2.10 bits per heavy atom. The lowest BCUT2D eigenvalue weighted by molar-refractivity contribution is -0.122. The van der Waals surface area contributed by atoms with Gasteiger partial charge in [-0.1, -0.05) is 6.92 Å². The molecule has 0 aromatic heterocycles. The van der Waals surface area contributed by atoms with E-state index in [4.69, 9.17) is 5.73 Å². The summed E-state index contributed by atoms with van der Waals surface area (Å²) in [6.45, 7) is 3.92. The quantitative estimate of drug-likeness (QED) is 0.661. The topological polar surface area (TPSA) is 101 Å². The second kappa shape index (κ2) is 7.05. The van der Waals surface area contributed by atoms with Crippen LogP contribution in [0.4, 0.5) is 5.69 Å². The van der Waals surface area contributed by atoms with E-state index in [1.165, 1.54) is 25.1 Å². The van der Waals surface area contributed by atoms with Crippen molar-refractivity contribution < 1.29 is 13.2 Å². The second-order valence-corrected chi connectivity index (χ2v) is 6.86. The third-order valence-corrected chi connectivity index (χ3v) is 5.04.